The van der Waals surface area contributed by atoms with Crippen LogP contribution in [-0.2, 0) is 0 Å². The highest BCUT2D eigenvalue weighted by molar-refractivity contribution is 6.30. The molecule has 4 heteroatoms. The van der Waals surface area contributed by atoms with Crippen LogP contribution in [0.4, 0.5) is 0 Å². The standard InChI is InChI=1S/C17H21ClN2O/c1-3-10-21-16-7-5-4-6-15(16)17(20-19)14-9-8-13(18)11-12(14)2/h4-9,11,17,20H,3,10,19H2,1-2H3. The minimum Gasteiger partial charge on any atom is -0.493 e. The average Bonchev–Trinajstić information content (AvgIpc) is 2.49. The summed E-state index contributed by atoms with van der Waals surface area (Å²) in [5.41, 5.74) is 6.10. The topological polar surface area (TPSA) is 47.3 Å². The van der Waals surface area contributed by atoms with Gasteiger partial charge >= 0.3 is 0 Å². The fourth-order valence-electron chi connectivity index (χ4n) is 2.37. The van der Waals surface area contributed by atoms with Crippen molar-refractivity contribution in [3.05, 3.63) is 64.2 Å². The summed E-state index contributed by atoms with van der Waals surface area (Å²) in [4.78, 5) is 0. The van der Waals surface area contributed by atoms with Gasteiger partial charge in [0.25, 0.3) is 0 Å². The summed E-state index contributed by atoms with van der Waals surface area (Å²) < 4.78 is 5.83. The van der Waals surface area contributed by atoms with Crippen LogP contribution >= 0.6 is 11.6 Å². The number of hydrogen-bond acceptors (Lipinski definition) is 3. The molecule has 0 aromatic heterocycles. The maximum absolute atomic E-state index is 6.03. The molecule has 0 aliphatic rings. The normalized spacial score (nSPS) is 12.2. The Morgan fingerprint density at radius 1 is 1.19 bits per heavy atom. The van der Waals surface area contributed by atoms with E-state index in [-0.39, 0.29) is 6.04 Å². The molecule has 0 amide bonds. The molecule has 0 heterocycles. The van der Waals surface area contributed by atoms with Gasteiger partial charge in [0.2, 0.25) is 0 Å². The minimum atomic E-state index is -0.129. The second kappa shape index (κ2) is 7.46. The third kappa shape index (κ3) is 3.76. The number of rotatable bonds is 6. The number of hydrogen-bond donors (Lipinski definition) is 2. The van der Waals surface area contributed by atoms with Crippen molar-refractivity contribution in [2.24, 2.45) is 5.84 Å². The van der Waals surface area contributed by atoms with Crippen molar-refractivity contribution in [1.29, 1.82) is 0 Å². The lowest BCUT2D eigenvalue weighted by atomic mass is 9.95. The maximum atomic E-state index is 6.03. The first-order valence-corrected chi connectivity index (χ1v) is 7.49. The van der Waals surface area contributed by atoms with Crippen LogP contribution in [0.15, 0.2) is 42.5 Å². The van der Waals surface area contributed by atoms with Crippen molar-refractivity contribution in [3.8, 4) is 5.75 Å². The summed E-state index contributed by atoms with van der Waals surface area (Å²) >= 11 is 6.03. The predicted molar refractivity (Wildman–Crippen MR) is 87.6 cm³/mol. The van der Waals surface area contributed by atoms with Crippen molar-refractivity contribution in [2.45, 2.75) is 26.3 Å². The first-order valence-electron chi connectivity index (χ1n) is 7.11. The van der Waals surface area contributed by atoms with Crippen LogP contribution in [0.3, 0.4) is 0 Å². The first kappa shape index (κ1) is 15.8. The van der Waals surface area contributed by atoms with Crippen LogP contribution < -0.4 is 16.0 Å². The van der Waals surface area contributed by atoms with Crippen LogP contribution in [-0.4, -0.2) is 6.61 Å². The lowest BCUT2D eigenvalue weighted by Gasteiger charge is -2.22. The van der Waals surface area contributed by atoms with Gasteiger partial charge in [-0.3, -0.25) is 5.84 Å². The Morgan fingerprint density at radius 3 is 2.62 bits per heavy atom. The van der Waals surface area contributed by atoms with Gasteiger partial charge in [0.05, 0.1) is 12.6 Å². The largest absolute Gasteiger partial charge is 0.493 e. The number of para-hydroxylation sites is 1. The second-order valence-corrected chi connectivity index (χ2v) is 5.42. The van der Waals surface area contributed by atoms with E-state index in [1.807, 2.05) is 49.4 Å². The summed E-state index contributed by atoms with van der Waals surface area (Å²) in [5, 5.41) is 0.725. The van der Waals surface area contributed by atoms with E-state index in [0.717, 1.165) is 33.9 Å². The van der Waals surface area contributed by atoms with Crippen molar-refractivity contribution >= 4 is 11.6 Å². The second-order valence-electron chi connectivity index (χ2n) is 4.99. The molecule has 0 saturated heterocycles. The molecule has 2 rings (SSSR count). The van der Waals surface area contributed by atoms with Gasteiger partial charge in [-0.1, -0.05) is 42.8 Å². The molecule has 0 radical (unpaired) electrons. The number of ether oxygens (including phenoxy) is 1. The quantitative estimate of drug-likeness (QED) is 0.626. The molecule has 112 valence electrons. The van der Waals surface area contributed by atoms with Gasteiger partial charge in [-0.2, -0.15) is 0 Å². The minimum absolute atomic E-state index is 0.129. The Hall–Kier alpha value is -1.55. The summed E-state index contributed by atoms with van der Waals surface area (Å²) in [6, 6.07) is 13.7. The number of nitrogens with one attached hydrogen (secondary N) is 1. The van der Waals surface area contributed by atoms with Crippen LogP contribution in [0, 0.1) is 6.92 Å². The molecule has 0 aliphatic carbocycles. The highest BCUT2D eigenvalue weighted by atomic mass is 35.5. The third-order valence-electron chi connectivity index (χ3n) is 3.40. The molecule has 21 heavy (non-hydrogen) atoms. The average molecular weight is 305 g/mol. The van der Waals surface area contributed by atoms with Crippen LogP contribution in [0.25, 0.3) is 0 Å². The van der Waals surface area contributed by atoms with E-state index < -0.39 is 0 Å². The van der Waals surface area contributed by atoms with Gasteiger partial charge in [-0.05, 0) is 42.7 Å². The van der Waals surface area contributed by atoms with Crippen LogP contribution in [0.5, 0.6) is 5.75 Å². The Kier molecular flexibility index (Phi) is 5.62. The molecule has 0 fully saturated rings. The summed E-state index contributed by atoms with van der Waals surface area (Å²) in [6.45, 7) is 4.81. The van der Waals surface area contributed by atoms with E-state index >= 15 is 0 Å². The van der Waals surface area contributed by atoms with Gasteiger partial charge in [0.1, 0.15) is 5.75 Å². The molecule has 0 aliphatic heterocycles. The van der Waals surface area contributed by atoms with E-state index in [9.17, 15) is 0 Å². The zero-order valence-electron chi connectivity index (χ0n) is 12.4. The van der Waals surface area contributed by atoms with E-state index in [0.29, 0.717) is 6.61 Å². The number of nitrogens with two attached hydrogens (primary N) is 1. The van der Waals surface area contributed by atoms with Crippen LogP contribution in [0.2, 0.25) is 5.02 Å². The monoisotopic (exact) mass is 304 g/mol. The molecule has 3 nitrogen and oxygen atoms in total. The number of benzene rings is 2. The third-order valence-corrected chi connectivity index (χ3v) is 3.64. The Balaban J connectivity index is 2.41. The number of hydrazine groups is 1. The van der Waals surface area contributed by atoms with Crippen molar-refractivity contribution < 1.29 is 4.74 Å². The smallest absolute Gasteiger partial charge is 0.124 e. The van der Waals surface area contributed by atoms with Crippen molar-refractivity contribution in [3.63, 3.8) is 0 Å². The zero-order chi connectivity index (χ0) is 15.2. The Bertz CT molecular complexity index is 601. The zero-order valence-corrected chi connectivity index (χ0v) is 13.2. The molecule has 1 unspecified atom stereocenters. The Labute approximate surface area is 131 Å². The maximum Gasteiger partial charge on any atom is 0.124 e. The summed E-state index contributed by atoms with van der Waals surface area (Å²) in [7, 11) is 0. The van der Waals surface area contributed by atoms with E-state index in [1.54, 1.807) is 0 Å². The van der Waals surface area contributed by atoms with Crippen molar-refractivity contribution in [2.75, 3.05) is 6.61 Å². The van der Waals surface area contributed by atoms with Gasteiger partial charge < -0.3 is 4.74 Å². The fourth-order valence-corrected chi connectivity index (χ4v) is 2.60. The highest BCUT2D eigenvalue weighted by Crippen LogP contribution is 2.32. The van der Waals surface area contributed by atoms with Gasteiger partial charge in [0, 0.05) is 10.6 Å². The molecule has 0 saturated carbocycles. The van der Waals surface area contributed by atoms with Crippen LogP contribution in [0.1, 0.15) is 36.1 Å². The number of halogens is 1. The molecular formula is C17H21ClN2O. The molecule has 2 aromatic rings. The predicted octanol–water partition coefficient (Wildman–Crippen LogP) is 3.99. The number of aryl methyl sites for hydroxylation is 1. The SMILES string of the molecule is CCCOc1ccccc1C(NN)c1ccc(Cl)cc1C. The van der Waals surface area contributed by atoms with Gasteiger partial charge in [-0.15, -0.1) is 0 Å². The fraction of sp³-hybridized carbons (Fsp3) is 0.294. The van der Waals surface area contributed by atoms with E-state index in [1.165, 1.54) is 0 Å². The van der Waals surface area contributed by atoms with E-state index in [2.05, 4.69) is 12.3 Å². The molecule has 0 spiro atoms. The Morgan fingerprint density at radius 2 is 1.95 bits per heavy atom. The van der Waals surface area contributed by atoms with Crippen molar-refractivity contribution in [1.82, 2.24) is 5.43 Å². The van der Waals surface area contributed by atoms with Gasteiger partial charge in [0.15, 0.2) is 0 Å². The van der Waals surface area contributed by atoms with Gasteiger partial charge in [-0.25, -0.2) is 5.43 Å². The first-order chi connectivity index (χ1) is 10.2. The molecule has 0 bridgehead atoms. The molecule has 2 aromatic carbocycles. The lowest BCUT2D eigenvalue weighted by Crippen LogP contribution is -2.29. The molecular weight excluding hydrogens is 284 g/mol. The molecule has 3 N–H and O–H groups in total. The summed E-state index contributed by atoms with van der Waals surface area (Å²) in [5.74, 6) is 6.66. The highest BCUT2D eigenvalue weighted by Gasteiger charge is 2.18. The summed E-state index contributed by atoms with van der Waals surface area (Å²) in [6.07, 6.45) is 0.967. The lowest BCUT2D eigenvalue weighted by molar-refractivity contribution is 0.311. The molecule has 1 atom stereocenters. The van der Waals surface area contributed by atoms with E-state index in [4.69, 9.17) is 22.2 Å².